The summed E-state index contributed by atoms with van der Waals surface area (Å²) in [5.74, 6) is -0.450. The highest BCUT2D eigenvalue weighted by Gasteiger charge is 2.27. The molecule has 0 bridgehead atoms. The fourth-order valence-corrected chi connectivity index (χ4v) is 4.57. The molecule has 0 unspecified atom stereocenters. The van der Waals surface area contributed by atoms with Crippen LogP contribution in [0.15, 0.2) is 71.9 Å². The molecule has 0 fully saturated rings. The van der Waals surface area contributed by atoms with E-state index in [0.717, 1.165) is 9.87 Å². The average molecular weight is 499 g/mol. The Morgan fingerprint density at radius 2 is 1.58 bits per heavy atom. The first kappa shape index (κ1) is 23.5. The standard InChI is InChI=1S/C21H18Cl3N3O3S/c22-17-2-4-18(5-3-17)31(29,30)27(13-16-1-6-19(23)20(24)11-16)14-21(28)26-12-15-7-9-25-10-8-15/h1-11H,12-14H2,(H,26,28). The molecule has 0 aliphatic rings. The molecule has 0 saturated heterocycles. The minimum absolute atomic E-state index is 0.0268. The third-order valence-corrected chi connectivity index (χ3v) is 7.15. The van der Waals surface area contributed by atoms with Gasteiger partial charge in [0, 0.05) is 30.5 Å². The van der Waals surface area contributed by atoms with Crippen LogP contribution in [0.5, 0.6) is 0 Å². The third kappa shape index (κ3) is 6.41. The number of nitrogens with one attached hydrogen (secondary N) is 1. The van der Waals surface area contributed by atoms with Gasteiger partial charge in [-0.15, -0.1) is 0 Å². The lowest BCUT2D eigenvalue weighted by atomic mass is 10.2. The smallest absolute Gasteiger partial charge is 0.243 e. The van der Waals surface area contributed by atoms with Crippen molar-refractivity contribution in [1.29, 1.82) is 0 Å². The third-order valence-electron chi connectivity index (χ3n) is 4.35. The van der Waals surface area contributed by atoms with Gasteiger partial charge >= 0.3 is 0 Å². The lowest BCUT2D eigenvalue weighted by molar-refractivity contribution is -0.121. The van der Waals surface area contributed by atoms with E-state index in [0.29, 0.717) is 20.6 Å². The van der Waals surface area contributed by atoms with Crippen molar-refractivity contribution in [1.82, 2.24) is 14.6 Å². The lowest BCUT2D eigenvalue weighted by Gasteiger charge is -2.22. The van der Waals surface area contributed by atoms with Crippen molar-refractivity contribution in [3.05, 3.63) is 93.2 Å². The second kappa shape index (κ2) is 10.4. The maximum absolute atomic E-state index is 13.2. The summed E-state index contributed by atoms with van der Waals surface area (Å²) in [6, 6.07) is 14.1. The Morgan fingerprint density at radius 3 is 2.23 bits per heavy atom. The van der Waals surface area contributed by atoms with Crippen molar-refractivity contribution >= 4 is 50.7 Å². The first-order valence-corrected chi connectivity index (χ1v) is 11.7. The maximum atomic E-state index is 13.2. The summed E-state index contributed by atoms with van der Waals surface area (Å²) in [7, 11) is -3.99. The number of carbonyl (C=O) groups excluding carboxylic acids is 1. The quantitative estimate of drug-likeness (QED) is 0.494. The lowest BCUT2D eigenvalue weighted by Crippen LogP contribution is -2.40. The van der Waals surface area contributed by atoms with Crippen molar-refractivity contribution in [3.63, 3.8) is 0 Å². The van der Waals surface area contributed by atoms with E-state index in [4.69, 9.17) is 34.8 Å². The zero-order valence-corrected chi connectivity index (χ0v) is 19.2. The maximum Gasteiger partial charge on any atom is 0.243 e. The van der Waals surface area contributed by atoms with Crippen LogP contribution in [0.3, 0.4) is 0 Å². The van der Waals surface area contributed by atoms with Crippen molar-refractivity contribution < 1.29 is 13.2 Å². The van der Waals surface area contributed by atoms with Gasteiger partial charge in [0.2, 0.25) is 15.9 Å². The largest absolute Gasteiger partial charge is 0.351 e. The summed E-state index contributed by atoms with van der Waals surface area (Å²) < 4.78 is 27.6. The molecule has 3 aromatic rings. The van der Waals surface area contributed by atoms with E-state index in [2.05, 4.69) is 10.3 Å². The molecule has 1 amide bonds. The van der Waals surface area contributed by atoms with Crippen LogP contribution in [-0.4, -0.2) is 30.2 Å². The van der Waals surface area contributed by atoms with Crippen LogP contribution in [0.25, 0.3) is 0 Å². The molecule has 0 aliphatic carbocycles. The second-order valence-electron chi connectivity index (χ2n) is 6.61. The van der Waals surface area contributed by atoms with E-state index in [9.17, 15) is 13.2 Å². The minimum atomic E-state index is -3.99. The van der Waals surface area contributed by atoms with E-state index in [1.54, 1.807) is 42.7 Å². The van der Waals surface area contributed by atoms with Gasteiger partial charge in [0.1, 0.15) is 0 Å². The fourth-order valence-electron chi connectivity index (χ4n) is 2.74. The first-order valence-electron chi connectivity index (χ1n) is 9.11. The summed E-state index contributed by atoms with van der Waals surface area (Å²) in [6.45, 7) is -0.191. The number of pyridine rings is 1. The van der Waals surface area contributed by atoms with Crippen LogP contribution < -0.4 is 5.32 Å². The molecule has 0 aliphatic heterocycles. The number of nitrogens with zero attached hydrogens (tertiary/aromatic N) is 2. The van der Waals surface area contributed by atoms with E-state index < -0.39 is 15.9 Å². The van der Waals surface area contributed by atoms with Crippen LogP contribution in [-0.2, 0) is 27.9 Å². The van der Waals surface area contributed by atoms with Gasteiger partial charge in [0.15, 0.2) is 0 Å². The normalized spacial score (nSPS) is 11.5. The molecule has 31 heavy (non-hydrogen) atoms. The molecule has 2 aromatic carbocycles. The van der Waals surface area contributed by atoms with Crippen LogP contribution in [0, 0.1) is 0 Å². The number of rotatable bonds is 8. The minimum Gasteiger partial charge on any atom is -0.351 e. The molecular formula is C21H18Cl3N3O3S. The predicted molar refractivity (Wildman–Crippen MR) is 122 cm³/mol. The topological polar surface area (TPSA) is 79.4 Å². The predicted octanol–water partition coefficient (Wildman–Crippen LogP) is 4.55. The zero-order valence-electron chi connectivity index (χ0n) is 16.1. The van der Waals surface area contributed by atoms with Crippen LogP contribution in [0.4, 0.5) is 0 Å². The van der Waals surface area contributed by atoms with Crippen molar-refractivity contribution in [2.24, 2.45) is 0 Å². The van der Waals surface area contributed by atoms with Crippen LogP contribution in [0.2, 0.25) is 15.1 Å². The van der Waals surface area contributed by atoms with E-state index >= 15 is 0 Å². The Bertz CT molecular complexity index is 1160. The number of aromatic nitrogens is 1. The van der Waals surface area contributed by atoms with Gasteiger partial charge in [0.05, 0.1) is 21.5 Å². The van der Waals surface area contributed by atoms with Gasteiger partial charge in [-0.25, -0.2) is 8.42 Å². The Balaban J connectivity index is 1.83. The van der Waals surface area contributed by atoms with Crippen molar-refractivity contribution in [3.8, 4) is 0 Å². The molecule has 1 heterocycles. The second-order valence-corrected chi connectivity index (χ2v) is 9.80. The van der Waals surface area contributed by atoms with Gasteiger partial charge in [-0.2, -0.15) is 4.31 Å². The summed E-state index contributed by atoms with van der Waals surface area (Å²) in [5, 5.41) is 3.79. The highest BCUT2D eigenvalue weighted by molar-refractivity contribution is 7.89. The molecule has 162 valence electrons. The van der Waals surface area contributed by atoms with Crippen molar-refractivity contribution in [2.45, 2.75) is 18.0 Å². The number of halogens is 3. The number of amides is 1. The molecule has 0 spiro atoms. The summed E-state index contributed by atoms with van der Waals surface area (Å²) in [5.41, 5.74) is 1.44. The Morgan fingerprint density at radius 1 is 0.903 bits per heavy atom. The first-order chi connectivity index (χ1) is 14.8. The molecule has 10 heteroatoms. The molecule has 1 aromatic heterocycles. The number of hydrogen-bond donors (Lipinski definition) is 1. The van der Waals surface area contributed by atoms with Gasteiger partial charge in [0.25, 0.3) is 0 Å². The van der Waals surface area contributed by atoms with Crippen LogP contribution in [0.1, 0.15) is 11.1 Å². The summed E-state index contributed by atoms with van der Waals surface area (Å²) in [4.78, 5) is 16.5. The van der Waals surface area contributed by atoms with Gasteiger partial charge < -0.3 is 5.32 Å². The Hall–Kier alpha value is -2.16. The Kier molecular flexibility index (Phi) is 7.91. The number of sulfonamides is 1. The van der Waals surface area contributed by atoms with E-state index in [1.165, 1.54) is 24.3 Å². The number of carbonyl (C=O) groups is 1. The Labute approximate surface area is 195 Å². The highest BCUT2D eigenvalue weighted by atomic mass is 35.5. The van der Waals surface area contributed by atoms with Crippen molar-refractivity contribution in [2.75, 3.05) is 6.54 Å². The monoisotopic (exact) mass is 497 g/mol. The van der Waals surface area contributed by atoms with E-state index in [-0.39, 0.29) is 24.5 Å². The molecule has 3 rings (SSSR count). The SMILES string of the molecule is O=C(CN(Cc1ccc(Cl)c(Cl)c1)S(=O)(=O)c1ccc(Cl)cc1)NCc1ccncc1. The molecule has 0 atom stereocenters. The average Bonchev–Trinajstić information content (AvgIpc) is 2.75. The van der Waals surface area contributed by atoms with Gasteiger partial charge in [-0.3, -0.25) is 9.78 Å². The summed E-state index contributed by atoms with van der Waals surface area (Å²) in [6.07, 6.45) is 3.23. The van der Waals surface area contributed by atoms with Gasteiger partial charge in [-0.05, 0) is 59.7 Å². The molecule has 0 saturated carbocycles. The zero-order chi connectivity index (χ0) is 22.4. The fraction of sp³-hybridized carbons (Fsp3) is 0.143. The van der Waals surface area contributed by atoms with Crippen LogP contribution >= 0.6 is 34.8 Å². The molecule has 6 nitrogen and oxygen atoms in total. The molecule has 1 N–H and O–H groups in total. The number of benzene rings is 2. The van der Waals surface area contributed by atoms with Gasteiger partial charge in [-0.1, -0.05) is 40.9 Å². The van der Waals surface area contributed by atoms with E-state index in [1.807, 2.05) is 0 Å². The number of hydrogen-bond acceptors (Lipinski definition) is 4. The molecular weight excluding hydrogens is 481 g/mol. The highest BCUT2D eigenvalue weighted by Crippen LogP contribution is 2.25. The molecule has 0 radical (unpaired) electrons. The summed E-state index contributed by atoms with van der Waals surface area (Å²) >= 11 is 17.9.